The lowest BCUT2D eigenvalue weighted by atomic mass is 10.0. The maximum absolute atomic E-state index is 12.5. The van der Waals surface area contributed by atoms with Gasteiger partial charge in [0, 0.05) is 18.3 Å². The first-order valence-corrected chi connectivity index (χ1v) is 6.41. The first-order chi connectivity index (χ1) is 10.1. The van der Waals surface area contributed by atoms with Gasteiger partial charge >= 0.3 is 5.97 Å². The Labute approximate surface area is 119 Å². The molecule has 0 fully saturated rings. The lowest BCUT2D eigenvalue weighted by Crippen LogP contribution is -2.32. The molecular formula is C15H12N2O4. The summed E-state index contributed by atoms with van der Waals surface area (Å²) in [4.78, 5) is 39.0. The summed E-state index contributed by atoms with van der Waals surface area (Å²) in [6.45, 7) is 0.0600. The number of carboxylic acids is 1. The van der Waals surface area contributed by atoms with Gasteiger partial charge in [-0.15, -0.1) is 0 Å². The van der Waals surface area contributed by atoms with E-state index >= 15 is 0 Å². The number of hydrogen-bond donors (Lipinski definition) is 2. The Balaban J connectivity index is 2.02. The van der Waals surface area contributed by atoms with E-state index in [0.29, 0.717) is 11.3 Å². The number of nitrogens with zero attached hydrogens (tertiary/aromatic N) is 1. The van der Waals surface area contributed by atoms with Crippen LogP contribution in [0.4, 0.5) is 5.69 Å². The molecule has 1 aromatic carbocycles. The number of H-pyrrole nitrogens is 1. The molecular weight excluding hydrogens is 272 g/mol. The predicted molar refractivity (Wildman–Crippen MR) is 75.6 cm³/mol. The zero-order valence-corrected chi connectivity index (χ0v) is 10.9. The Morgan fingerprint density at radius 2 is 1.90 bits per heavy atom. The fourth-order valence-corrected chi connectivity index (χ4v) is 2.53. The van der Waals surface area contributed by atoms with Gasteiger partial charge in [0.05, 0.1) is 0 Å². The van der Waals surface area contributed by atoms with Crippen molar-refractivity contribution in [2.45, 2.75) is 5.92 Å². The number of fused-ring (bicyclic) bond motifs is 1. The maximum atomic E-state index is 12.5. The van der Waals surface area contributed by atoms with Gasteiger partial charge in [-0.25, -0.2) is 0 Å². The number of carboxylic acid groups (broad SMARTS) is 1. The van der Waals surface area contributed by atoms with E-state index in [0.717, 1.165) is 0 Å². The molecule has 0 saturated carbocycles. The van der Waals surface area contributed by atoms with Crippen molar-refractivity contribution >= 4 is 17.6 Å². The van der Waals surface area contributed by atoms with Gasteiger partial charge in [-0.1, -0.05) is 24.3 Å². The van der Waals surface area contributed by atoms with E-state index in [1.165, 1.54) is 23.1 Å². The SMILES string of the molecule is O=C(O)C1CN(C(=O)c2cccc(=O)[nH]2)c2ccccc21. The first kappa shape index (κ1) is 13.1. The molecule has 1 aliphatic heterocycles. The number of carbonyl (C=O) groups excluding carboxylic acids is 1. The summed E-state index contributed by atoms with van der Waals surface area (Å²) in [6, 6.07) is 11.2. The quantitative estimate of drug-likeness (QED) is 0.867. The van der Waals surface area contributed by atoms with Crippen LogP contribution in [-0.4, -0.2) is 28.5 Å². The van der Waals surface area contributed by atoms with Crippen molar-refractivity contribution in [3.05, 3.63) is 64.1 Å². The molecule has 0 bridgehead atoms. The number of pyridine rings is 1. The molecule has 21 heavy (non-hydrogen) atoms. The molecule has 6 heteroatoms. The number of rotatable bonds is 2. The van der Waals surface area contributed by atoms with Crippen molar-refractivity contribution in [2.75, 3.05) is 11.4 Å². The Kier molecular flexibility index (Phi) is 3.06. The van der Waals surface area contributed by atoms with Crippen LogP contribution >= 0.6 is 0 Å². The summed E-state index contributed by atoms with van der Waals surface area (Å²) >= 11 is 0. The molecule has 0 radical (unpaired) electrons. The summed E-state index contributed by atoms with van der Waals surface area (Å²) in [6.07, 6.45) is 0. The second-order valence-corrected chi connectivity index (χ2v) is 4.79. The minimum absolute atomic E-state index is 0.0600. The van der Waals surface area contributed by atoms with Crippen LogP contribution in [0, 0.1) is 0 Å². The van der Waals surface area contributed by atoms with E-state index in [9.17, 15) is 19.5 Å². The predicted octanol–water partition coefficient (Wildman–Crippen LogP) is 1.20. The molecule has 0 saturated heterocycles. The molecule has 1 aromatic heterocycles. The standard InChI is InChI=1S/C15H12N2O4/c18-13-7-3-5-11(16-13)14(19)17-8-10(15(20)21)9-4-1-2-6-12(9)17/h1-7,10H,8H2,(H,16,18)(H,20,21). The number of aromatic nitrogens is 1. The van der Waals surface area contributed by atoms with Crippen molar-refractivity contribution in [1.82, 2.24) is 4.98 Å². The Morgan fingerprint density at radius 1 is 1.14 bits per heavy atom. The van der Waals surface area contributed by atoms with Crippen LogP contribution in [0.15, 0.2) is 47.3 Å². The molecule has 2 aromatic rings. The summed E-state index contributed by atoms with van der Waals surface area (Å²) in [7, 11) is 0. The van der Waals surface area contributed by atoms with Crippen LogP contribution in [0.2, 0.25) is 0 Å². The molecule has 1 aliphatic rings. The van der Waals surface area contributed by atoms with Gasteiger partial charge in [0.2, 0.25) is 5.56 Å². The Morgan fingerprint density at radius 3 is 2.62 bits per heavy atom. The molecule has 106 valence electrons. The van der Waals surface area contributed by atoms with Crippen molar-refractivity contribution in [3.8, 4) is 0 Å². The zero-order chi connectivity index (χ0) is 15.0. The van der Waals surface area contributed by atoms with E-state index in [-0.39, 0.29) is 17.8 Å². The van der Waals surface area contributed by atoms with E-state index in [1.807, 2.05) is 0 Å². The van der Waals surface area contributed by atoms with Crippen molar-refractivity contribution in [3.63, 3.8) is 0 Å². The highest BCUT2D eigenvalue weighted by atomic mass is 16.4. The molecule has 2 N–H and O–H groups in total. The summed E-state index contributed by atoms with van der Waals surface area (Å²) in [5.74, 6) is -2.14. The van der Waals surface area contributed by atoms with Crippen LogP contribution in [0.5, 0.6) is 0 Å². The van der Waals surface area contributed by atoms with Crippen molar-refractivity contribution in [1.29, 1.82) is 0 Å². The third kappa shape index (κ3) is 2.20. The number of anilines is 1. The van der Waals surface area contributed by atoms with Gasteiger partial charge in [-0.3, -0.25) is 14.4 Å². The third-order valence-electron chi connectivity index (χ3n) is 3.51. The highest BCUT2D eigenvalue weighted by Crippen LogP contribution is 2.36. The highest BCUT2D eigenvalue weighted by molar-refractivity contribution is 6.07. The van der Waals surface area contributed by atoms with Gasteiger partial charge in [0.25, 0.3) is 5.91 Å². The maximum Gasteiger partial charge on any atom is 0.312 e. The number of aromatic amines is 1. The van der Waals surface area contributed by atoms with Gasteiger partial charge in [0.1, 0.15) is 11.6 Å². The lowest BCUT2D eigenvalue weighted by Gasteiger charge is -2.17. The largest absolute Gasteiger partial charge is 0.481 e. The fraction of sp³-hybridized carbons (Fsp3) is 0.133. The second-order valence-electron chi connectivity index (χ2n) is 4.79. The molecule has 1 amide bonds. The highest BCUT2D eigenvalue weighted by Gasteiger charge is 2.36. The molecule has 2 heterocycles. The molecule has 3 rings (SSSR count). The second kappa shape index (κ2) is 4.90. The smallest absolute Gasteiger partial charge is 0.312 e. The molecule has 0 aliphatic carbocycles. The number of amides is 1. The average Bonchev–Trinajstić information content (AvgIpc) is 2.86. The number of carbonyl (C=O) groups is 2. The summed E-state index contributed by atoms with van der Waals surface area (Å²) in [5.41, 5.74) is 0.947. The Hall–Kier alpha value is -2.89. The zero-order valence-electron chi connectivity index (χ0n) is 10.9. The van der Waals surface area contributed by atoms with E-state index in [2.05, 4.69) is 4.98 Å². The van der Waals surface area contributed by atoms with Crippen LogP contribution in [0.1, 0.15) is 22.0 Å². The molecule has 1 atom stereocenters. The van der Waals surface area contributed by atoms with E-state index in [1.54, 1.807) is 24.3 Å². The van der Waals surface area contributed by atoms with Crippen molar-refractivity contribution < 1.29 is 14.7 Å². The topological polar surface area (TPSA) is 90.5 Å². The Bertz CT molecular complexity index is 781. The number of nitrogens with one attached hydrogen (secondary N) is 1. The monoisotopic (exact) mass is 284 g/mol. The number of hydrogen-bond acceptors (Lipinski definition) is 3. The minimum Gasteiger partial charge on any atom is -0.481 e. The van der Waals surface area contributed by atoms with Gasteiger partial charge in [-0.2, -0.15) is 0 Å². The van der Waals surface area contributed by atoms with E-state index < -0.39 is 17.8 Å². The number of aliphatic carboxylic acids is 1. The van der Waals surface area contributed by atoms with Crippen molar-refractivity contribution in [2.24, 2.45) is 0 Å². The minimum atomic E-state index is -0.973. The normalized spacial score (nSPS) is 16.6. The summed E-state index contributed by atoms with van der Waals surface area (Å²) in [5, 5.41) is 9.28. The average molecular weight is 284 g/mol. The van der Waals surface area contributed by atoms with Gasteiger partial charge in [0.15, 0.2) is 0 Å². The molecule has 6 nitrogen and oxygen atoms in total. The van der Waals surface area contributed by atoms with Crippen LogP contribution in [0.25, 0.3) is 0 Å². The van der Waals surface area contributed by atoms with Crippen LogP contribution < -0.4 is 10.5 Å². The molecule has 0 spiro atoms. The first-order valence-electron chi connectivity index (χ1n) is 6.41. The van der Waals surface area contributed by atoms with Gasteiger partial charge in [-0.05, 0) is 17.7 Å². The number of para-hydroxylation sites is 1. The number of benzene rings is 1. The van der Waals surface area contributed by atoms with Crippen LogP contribution in [-0.2, 0) is 4.79 Å². The third-order valence-corrected chi connectivity index (χ3v) is 3.51. The van der Waals surface area contributed by atoms with E-state index in [4.69, 9.17) is 0 Å². The van der Waals surface area contributed by atoms with Gasteiger partial charge < -0.3 is 15.0 Å². The lowest BCUT2D eigenvalue weighted by molar-refractivity contribution is -0.138. The molecule has 1 unspecified atom stereocenters. The fourth-order valence-electron chi connectivity index (χ4n) is 2.53. The van der Waals surface area contributed by atoms with Crippen LogP contribution in [0.3, 0.4) is 0 Å². The summed E-state index contributed by atoms with van der Waals surface area (Å²) < 4.78 is 0.